The van der Waals surface area contributed by atoms with Crippen LogP contribution in [0.2, 0.25) is 0 Å². The molecule has 0 aromatic carbocycles. The van der Waals surface area contributed by atoms with Crippen LogP contribution in [0.15, 0.2) is 4.99 Å². The van der Waals surface area contributed by atoms with E-state index in [0.717, 1.165) is 0 Å². The molecule has 0 saturated carbocycles. The van der Waals surface area contributed by atoms with Crippen molar-refractivity contribution in [2.75, 3.05) is 19.7 Å². The van der Waals surface area contributed by atoms with Gasteiger partial charge in [-0.05, 0) is 5.92 Å². The van der Waals surface area contributed by atoms with Crippen molar-refractivity contribution < 1.29 is 13.9 Å². The second-order valence-corrected chi connectivity index (χ2v) is 3.49. The van der Waals surface area contributed by atoms with Crippen molar-refractivity contribution in [3.8, 4) is 0 Å². The maximum absolute atomic E-state index is 12.5. The van der Waals surface area contributed by atoms with Crippen molar-refractivity contribution in [2.24, 2.45) is 16.6 Å². The highest BCUT2D eigenvalue weighted by Crippen LogP contribution is 2.11. The standard InChI is InChI=1S/C8H17F2N3O/c1-6(2)3-12-7(11)13-4-8(9,10)5-14/h6,14H,3-5H2,1-2H3,(H3,11,12,13). The van der Waals surface area contributed by atoms with Gasteiger partial charge in [0.2, 0.25) is 0 Å². The Labute approximate surface area is 82.2 Å². The maximum Gasteiger partial charge on any atom is 0.289 e. The molecule has 6 heteroatoms. The number of nitrogens with one attached hydrogen (secondary N) is 1. The third-order valence-corrected chi connectivity index (χ3v) is 1.40. The molecule has 0 atom stereocenters. The average Bonchev–Trinajstić information content (AvgIpc) is 2.11. The first kappa shape index (κ1) is 13.1. The van der Waals surface area contributed by atoms with Gasteiger partial charge in [0.05, 0.1) is 0 Å². The summed E-state index contributed by atoms with van der Waals surface area (Å²) >= 11 is 0. The molecule has 0 rings (SSSR count). The zero-order chi connectivity index (χ0) is 11.2. The first-order chi connectivity index (χ1) is 6.37. The van der Waals surface area contributed by atoms with Gasteiger partial charge < -0.3 is 16.2 Å². The van der Waals surface area contributed by atoms with Crippen LogP contribution in [0.1, 0.15) is 13.8 Å². The predicted molar refractivity (Wildman–Crippen MR) is 51.4 cm³/mol. The molecular weight excluding hydrogens is 192 g/mol. The van der Waals surface area contributed by atoms with Gasteiger partial charge in [0.1, 0.15) is 13.2 Å². The lowest BCUT2D eigenvalue weighted by Crippen LogP contribution is -2.36. The quantitative estimate of drug-likeness (QED) is 0.446. The number of aliphatic imine (C=N–C) groups is 1. The molecule has 0 bridgehead atoms. The molecule has 84 valence electrons. The number of rotatable bonds is 5. The Morgan fingerprint density at radius 2 is 2.14 bits per heavy atom. The van der Waals surface area contributed by atoms with Gasteiger partial charge in [0.15, 0.2) is 5.96 Å². The number of aliphatic hydroxyl groups excluding tert-OH is 1. The monoisotopic (exact) mass is 209 g/mol. The van der Waals surface area contributed by atoms with E-state index in [0.29, 0.717) is 12.5 Å². The largest absolute Gasteiger partial charge is 0.390 e. The van der Waals surface area contributed by atoms with Crippen LogP contribution in [0.25, 0.3) is 0 Å². The summed E-state index contributed by atoms with van der Waals surface area (Å²) in [4.78, 5) is 3.41. The second kappa shape index (κ2) is 5.74. The van der Waals surface area contributed by atoms with Gasteiger partial charge in [-0.25, -0.2) is 13.8 Å². The molecule has 0 aliphatic heterocycles. The highest BCUT2D eigenvalue weighted by atomic mass is 19.3. The third kappa shape index (κ3) is 6.59. The Morgan fingerprint density at radius 1 is 1.57 bits per heavy atom. The molecule has 0 amide bonds. The number of nitrogens with two attached hydrogens (primary N) is 1. The van der Waals surface area contributed by atoms with Crippen LogP contribution in [0, 0.1) is 5.92 Å². The topological polar surface area (TPSA) is 70.6 Å². The number of hydrogen-bond acceptors (Lipinski definition) is 2. The molecule has 4 N–H and O–H groups in total. The van der Waals surface area contributed by atoms with Crippen molar-refractivity contribution in [3.63, 3.8) is 0 Å². The van der Waals surface area contributed by atoms with Crippen molar-refractivity contribution in [3.05, 3.63) is 0 Å². The van der Waals surface area contributed by atoms with E-state index in [9.17, 15) is 8.78 Å². The van der Waals surface area contributed by atoms with Crippen LogP contribution in [0.3, 0.4) is 0 Å². The smallest absolute Gasteiger partial charge is 0.289 e. The van der Waals surface area contributed by atoms with Gasteiger partial charge in [-0.2, -0.15) is 0 Å². The Kier molecular flexibility index (Phi) is 5.37. The van der Waals surface area contributed by atoms with E-state index >= 15 is 0 Å². The highest BCUT2D eigenvalue weighted by molar-refractivity contribution is 5.77. The van der Waals surface area contributed by atoms with Crippen molar-refractivity contribution in [2.45, 2.75) is 19.8 Å². The van der Waals surface area contributed by atoms with E-state index in [4.69, 9.17) is 10.8 Å². The molecule has 0 saturated heterocycles. The lowest BCUT2D eigenvalue weighted by Gasteiger charge is -2.11. The van der Waals surface area contributed by atoms with E-state index in [1.807, 2.05) is 13.8 Å². The van der Waals surface area contributed by atoms with Crippen LogP contribution in [-0.2, 0) is 0 Å². The Balaban J connectivity index is 3.88. The van der Waals surface area contributed by atoms with Crippen LogP contribution in [0.5, 0.6) is 0 Å². The molecule has 0 unspecified atom stereocenters. The number of hydrogen-bond donors (Lipinski definition) is 3. The Bertz CT molecular complexity index is 195. The number of halogens is 2. The highest BCUT2D eigenvalue weighted by Gasteiger charge is 2.27. The minimum Gasteiger partial charge on any atom is -0.390 e. The second-order valence-electron chi connectivity index (χ2n) is 3.49. The minimum absolute atomic E-state index is 0.0215. The molecule has 0 heterocycles. The summed E-state index contributed by atoms with van der Waals surface area (Å²) in [6, 6.07) is 0. The molecular formula is C8H17F2N3O. The van der Waals surface area contributed by atoms with Gasteiger partial charge in [0.25, 0.3) is 5.92 Å². The molecule has 0 aliphatic carbocycles. The van der Waals surface area contributed by atoms with E-state index in [1.54, 1.807) is 0 Å². The summed E-state index contributed by atoms with van der Waals surface area (Å²) in [5.74, 6) is -2.85. The predicted octanol–water partition coefficient (Wildman–Crippen LogP) is 0.174. The molecule has 4 nitrogen and oxygen atoms in total. The molecule has 0 aromatic heterocycles. The summed E-state index contributed by atoms with van der Waals surface area (Å²) in [6.45, 7) is 2.50. The van der Waals surface area contributed by atoms with E-state index in [1.165, 1.54) is 0 Å². The minimum atomic E-state index is -3.19. The normalized spacial score (nSPS) is 13.4. The molecule has 0 spiro atoms. The summed E-state index contributed by atoms with van der Waals surface area (Å²) in [7, 11) is 0. The SMILES string of the molecule is CC(C)CNC(N)=NCC(F)(F)CO. The summed E-state index contributed by atoms with van der Waals surface area (Å²) in [5, 5.41) is 10.9. The lowest BCUT2D eigenvalue weighted by atomic mass is 10.2. The van der Waals surface area contributed by atoms with E-state index < -0.39 is 19.1 Å². The van der Waals surface area contributed by atoms with Crippen molar-refractivity contribution >= 4 is 5.96 Å². The number of alkyl halides is 2. The molecule has 0 aromatic rings. The number of nitrogens with zero attached hydrogens (tertiary/aromatic N) is 1. The zero-order valence-corrected chi connectivity index (χ0v) is 8.43. The number of guanidine groups is 1. The van der Waals surface area contributed by atoms with Crippen LogP contribution in [0.4, 0.5) is 8.78 Å². The van der Waals surface area contributed by atoms with Gasteiger partial charge in [0, 0.05) is 6.54 Å². The average molecular weight is 209 g/mol. The van der Waals surface area contributed by atoms with Crippen molar-refractivity contribution in [1.82, 2.24) is 5.32 Å². The fourth-order valence-corrected chi connectivity index (χ4v) is 0.615. The summed E-state index contributed by atoms with van der Waals surface area (Å²) < 4.78 is 24.9. The van der Waals surface area contributed by atoms with Crippen LogP contribution in [-0.4, -0.2) is 36.7 Å². The van der Waals surface area contributed by atoms with Crippen LogP contribution >= 0.6 is 0 Å². The molecule has 0 radical (unpaired) electrons. The fraction of sp³-hybridized carbons (Fsp3) is 0.875. The van der Waals surface area contributed by atoms with Crippen molar-refractivity contribution in [1.29, 1.82) is 0 Å². The van der Waals surface area contributed by atoms with Gasteiger partial charge in [-0.3, -0.25) is 0 Å². The Hall–Kier alpha value is -0.910. The van der Waals surface area contributed by atoms with Gasteiger partial charge in [-0.1, -0.05) is 13.8 Å². The fourth-order valence-electron chi connectivity index (χ4n) is 0.615. The summed E-state index contributed by atoms with van der Waals surface area (Å²) in [5.41, 5.74) is 5.31. The zero-order valence-electron chi connectivity index (χ0n) is 8.43. The third-order valence-electron chi connectivity index (χ3n) is 1.40. The maximum atomic E-state index is 12.5. The van der Waals surface area contributed by atoms with E-state index in [-0.39, 0.29) is 5.96 Å². The molecule has 14 heavy (non-hydrogen) atoms. The first-order valence-corrected chi connectivity index (χ1v) is 4.40. The Morgan fingerprint density at radius 3 is 2.57 bits per heavy atom. The summed E-state index contributed by atoms with van der Waals surface area (Å²) in [6.07, 6.45) is 0. The molecule has 0 aliphatic rings. The lowest BCUT2D eigenvalue weighted by molar-refractivity contribution is -0.0404. The van der Waals surface area contributed by atoms with E-state index in [2.05, 4.69) is 10.3 Å². The van der Waals surface area contributed by atoms with Gasteiger partial charge in [-0.15, -0.1) is 0 Å². The first-order valence-electron chi connectivity index (χ1n) is 4.40. The molecule has 0 fully saturated rings. The number of aliphatic hydroxyl groups is 1. The van der Waals surface area contributed by atoms with Crippen LogP contribution < -0.4 is 11.1 Å². The van der Waals surface area contributed by atoms with Gasteiger partial charge >= 0.3 is 0 Å².